The molecule has 0 aliphatic rings. The number of aldehydes is 1. The van der Waals surface area contributed by atoms with Gasteiger partial charge in [-0.15, -0.1) is 0 Å². The summed E-state index contributed by atoms with van der Waals surface area (Å²) in [7, 11) is 0. The van der Waals surface area contributed by atoms with E-state index < -0.39 is 0 Å². The lowest BCUT2D eigenvalue weighted by atomic mass is 10.2. The Hall–Kier alpha value is -1.16. The number of carbonyl (C=O) groups excluding carboxylic acids is 1. The molecule has 2 heterocycles. The number of nitrogens with zero attached hydrogens (tertiary/aromatic N) is 2. The van der Waals surface area contributed by atoms with Gasteiger partial charge in [0.25, 0.3) is 0 Å². The Bertz CT molecular complexity index is 505. The van der Waals surface area contributed by atoms with Crippen LogP contribution in [0.3, 0.4) is 0 Å². The molecule has 0 N–H and O–H groups in total. The van der Waals surface area contributed by atoms with Crippen molar-refractivity contribution in [3.8, 4) is 0 Å². The van der Waals surface area contributed by atoms with Crippen LogP contribution in [0.15, 0.2) is 22.9 Å². The van der Waals surface area contributed by atoms with Crippen LogP contribution >= 0.6 is 15.9 Å². The van der Waals surface area contributed by atoms with Crippen LogP contribution in [0.5, 0.6) is 0 Å². The SMILES string of the molecule is CCc1nc(Br)c2ccc(CC=O)cn12. The molecule has 0 aliphatic carbocycles. The molecular formula is C11H11BrN2O. The number of hydrogen-bond donors (Lipinski definition) is 0. The lowest BCUT2D eigenvalue weighted by molar-refractivity contribution is -0.107. The van der Waals surface area contributed by atoms with E-state index in [1.807, 2.05) is 22.7 Å². The molecule has 0 radical (unpaired) electrons. The second-order valence-electron chi connectivity index (χ2n) is 3.34. The molecule has 2 aromatic rings. The average Bonchev–Trinajstić information content (AvgIpc) is 2.56. The molecule has 0 saturated carbocycles. The number of halogens is 1. The van der Waals surface area contributed by atoms with E-state index in [9.17, 15) is 4.79 Å². The highest BCUT2D eigenvalue weighted by Gasteiger charge is 2.07. The maximum atomic E-state index is 10.4. The summed E-state index contributed by atoms with van der Waals surface area (Å²) >= 11 is 3.42. The third-order valence-corrected chi connectivity index (χ3v) is 2.95. The van der Waals surface area contributed by atoms with Crippen molar-refractivity contribution in [2.45, 2.75) is 19.8 Å². The Balaban J connectivity index is 2.62. The van der Waals surface area contributed by atoms with Gasteiger partial charge in [-0.05, 0) is 27.6 Å². The highest BCUT2D eigenvalue weighted by Crippen LogP contribution is 2.20. The minimum Gasteiger partial charge on any atom is -0.303 e. The fraction of sp³-hybridized carbons (Fsp3) is 0.273. The van der Waals surface area contributed by atoms with Crippen molar-refractivity contribution in [2.24, 2.45) is 0 Å². The first kappa shape index (κ1) is 10.4. The standard InChI is InChI=1S/C11H11BrN2O/c1-2-10-13-11(12)9-4-3-8(5-6-15)7-14(9)10/h3-4,6-7H,2,5H2,1H3. The van der Waals surface area contributed by atoms with E-state index in [2.05, 4.69) is 27.8 Å². The summed E-state index contributed by atoms with van der Waals surface area (Å²) in [6, 6.07) is 3.94. The normalized spacial score (nSPS) is 10.8. The molecule has 0 aromatic carbocycles. The molecule has 78 valence electrons. The largest absolute Gasteiger partial charge is 0.303 e. The van der Waals surface area contributed by atoms with Gasteiger partial charge in [-0.1, -0.05) is 13.0 Å². The first-order valence-corrected chi connectivity index (χ1v) is 5.64. The van der Waals surface area contributed by atoms with Crippen molar-refractivity contribution in [2.75, 3.05) is 0 Å². The second-order valence-corrected chi connectivity index (χ2v) is 4.09. The van der Waals surface area contributed by atoms with Crippen molar-refractivity contribution in [1.29, 1.82) is 0 Å². The van der Waals surface area contributed by atoms with Crippen LogP contribution in [-0.2, 0) is 17.6 Å². The van der Waals surface area contributed by atoms with Gasteiger partial charge in [0.05, 0.1) is 5.52 Å². The zero-order valence-electron chi connectivity index (χ0n) is 8.40. The summed E-state index contributed by atoms with van der Waals surface area (Å²) in [4.78, 5) is 14.8. The average molecular weight is 267 g/mol. The summed E-state index contributed by atoms with van der Waals surface area (Å²) in [6.07, 6.45) is 4.21. The highest BCUT2D eigenvalue weighted by molar-refractivity contribution is 9.10. The first-order valence-electron chi connectivity index (χ1n) is 4.85. The molecule has 0 spiro atoms. The quantitative estimate of drug-likeness (QED) is 0.800. The maximum Gasteiger partial charge on any atom is 0.132 e. The number of aromatic nitrogens is 2. The Morgan fingerprint density at radius 2 is 2.33 bits per heavy atom. The molecule has 0 bridgehead atoms. The van der Waals surface area contributed by atoms with Crippen molar-refractivity contribution in [3.05, 3.63) is 34.3 Å². The predicted octanol–water partition coefficient (Wildman–Crippen LogP) is 2.40. The van der Waals surface area contributed by atoms with Gasteiger partial charge in [-0.25, -0.2) is 4.98 Å². The van der Waals surface area contributed by atoms with Crippen molar-refractivity contribution < 1.29 is 4.79 Å². The Labute approximate surface area is 96.3 Å². The molecule has 15 heavy (non-hydrogen) atoms. The number of aryl methyl sites for hydroxylation is 1. The summed E-state index contributed by atoms with van der Waals surface area (Å²) in [5.41, 5.74) is 2.05. The van der Waals surface area contributed by atoms with Gasteiger partial charge in [-0.3, -0.25) is 0 Å². The molecule has 0 aliphatic heterocycles. The van der Waals surface area contributed by atoms with Crippen LogP contribution < -0.4 is 0 Å². The highest BCUT2D eigenvalue weighted by atomic mass is 79.9. The molecule has 0 fully saturated rings. The molecule has 0 amide bonds. The molecule has 3 nitrogen and oxygen atoms in total. The Morgan fingerprint density at radius 1 is 1.53 bits per heavy atom. The third-order valence-electron chi connectivity index (χ3n) is 2.36. The monoisotopic (exact) mass is 266 g/mol. The van der Waals surface area contributed by atoms with Crippen LogP contribution in [0.2, 0.25) is 0 Å². The third kappa shape index (κ3) is 1.81. The minimum atomic E-state index is 0.453. The Morgan fingerprint density at radius 3 is 3.00 bits per heavy atom. The molecule has 0 unspecified atom stereocenters. The van der Waals surface area contributed by atoms with Crippen molar-refractivity contribution in [1.82, 2.24) is 9.38 Å². The number of hydrogen-bond acceptors (Lipinski definition) is 2. The van der Waals surface area contributed by atoms with E-state index in [4.69, 9.17) is 0 Å². The van der Waals surface area contributed by atoms with Gasteiger partial charge in [0.15, 0.2) is 0 Å². The fourth-order valence-corrected chi connectivity index (χ4v) is 2.15. The predicted molar refractivity (Wildman–Crippen MR) is 62.0 cm³/mol. The van der Waals surface area contributed by atoms with Crippen molar-refractivity contribution in [3.63, 3.8) is 0 Å². The number of fused-ring (bicyclic) bond motifs is 1. The van der Waals surface area contributed by atoms with E-state index in [-0.39, 0.29) is 0 Å². The van der Waals surface area contributed by atoms with Gasteiger partial charge in [-0.2, -0.15) is 0 Å². The molecule has 0 saturated heterocycles. The number of carbonyl (C=O) groups is 1. The van der Waals surface area contributed by atoms with Crippen LogP contribution in [0, 0.1) is 0 Å². The number of imidazole rings is 1. The second kappa shape index (κ2) is 4.14. The van der Waals surface area contributed by atoms with Crippen LogP contribution in [0.25, 0.3) is 5.52 Å². The number of rotatable bonds is 3. The topological polar surface area (TPSA) is 34.4 Å². The van der Waals surface area contributed by atoms with E-state index in [1.165, 1.54) is 0 Å². The summed E-state index contributed by atoms with van der Waals surface area (Å²) in [5.74, 6) is 1.00. The minimum absolute atomic E-state index is 0.453. The zero-order chi connectivity index (χ0) is 10.8. The van der Waals surface area contributed by atoms with Crippen LogP contribution in [-0.4, -0.2) is 15.7 Å². The summed E-state index contributed by atoms with van der Waals surface area (Å²) < 4.78 is 2.89. The molecule has 2 aromatic heterocycles. The summed E-state index contributed by atoms with van der Waals surface area (Å²) in [6.45, 7) is 2.06. The Kier molecular flexibility index (Phi) is 2.86. The van der Waals surface area contributed by atoms with Gasteiger partial charge in [0.1, 0.15) is 16.7 Å². The first-order chi connectivity index (χ1) is 7.26. The molecule has 2 rings (SSSR count). The lowest BCUT2D eigenvalue weighted by Gasteiger charge is -2.00. The molecular weight excluding hydrogens is 256 g/mol. The molecule has 0 atom stereocenters. The summed E-state index contributed by atoms with van der Waals surface area (Å²) in [5, 5.41) is 0. The van der Waals surface area contributed by atoms with Gasteiger partial charge < -0.3 is 9.20 Å². The van der Waals surface area contributed by atoms with E-state index in [0.29, 0.717) is 6.42 Å². The van der Waals surface area contributed by atoms with Crippen molar-refractivity contribution >= 4 is 27.7 Å². The van der Waals surface area contributed by atoms with Gasteiger partial charge in [0, 0.05) is 19.0 Å². The van der Waals surface area contributed by atoms with Crippen LogP contribution in [0.4, 0.5) is 0 Å². The maximum absolute atomic E-state index is 10.4. The zero-order valence-corrected chi connectivity index (χ0v) is 9.99. The fourth-order valence-electron chi connectivity index (χ4n) is 1.62. The lowest BCUT2D eigenvalue weighted by Crippen LogP contribution is -1.95. The van der Waals surface area contributed by atoms with Gasteiger partial charge in [0.2, 0.25) is 0 Å². The van der Waals surface area contributed by atoms with E-state index in [0.717, 1.165) is 34.2 Å². The smallest absolute Gasteiger partial charge is 0.132 e. The van der Waals surface area contributed by atoms with Crippen LogP contribution in [0.1, 0.15) is 18.3 Å². The molecule has 4 heteroatoms. The number of pyridine rings is 1. The van der Waals surface area contributed by atoms with E-state index >= 15 is 0 Å². The van der Waals surface area contributed by atoms with E-state index in [1.54, 1.807) is 0 Å². The van der Waals surface area contributed by atoms with Gasteiger partial charge >= 0.3 is 0 Å².